The summed E-state index contributed by atoms with van der Waals surface area (Å²) in [5.74, 6) is 0.953. The first-order valence-corrected chi connectivity index (χ1v) is 10.9. The van der Waals surface area contributed by atoms with Crippen LogP contribution in [0.3, 0.4) is 0 Å². The van der Waals surface area contributed by atoms with Gasteiger partial charge in [-0.15, -0.1) is 11.3 Å². The molecule has 4 aromatic rings. The third-order valence-electron chi connectivity index (χ3n) is 4.17. The number of nitrogens with one attached hydrogen (secondary N) is 1. The van der Waals surface area contributed by atoms with Gasteiger partial charge in [0.15, 0.2) is 10.2 Å². The molecule has 2 aromatic carbocycles. The van der Waals surface area contributed by atoms with E-state index in [1.807, 2.05) is 24.3 Å². The summed E-state index contributed by atoms with van der Waals surface area (Å²) in [6, 6.07) is 12.1. The monoisotopic (exact) mass is 464 g/mol. The number of benzene rings is 2. The highest BCUT2D eigenvalue weighted by atomic mass is 32.2. The van der Waals surface area contributed by atoms with E-state index in [-0.39, 0.29) is 24.4 Å². The molecule has 0 saturated carbocycles. The Morgan fingerprint density at radius 2 is 1.87 bits per heavy atom. The molecular formula is C20H15F3N4O2S2. The number of halogens is 3. The number of thioether (sulfide) groups is 1. The summed E-state index contributed by atoms with van der Waals surface area (Å²) in [6.45, 7) is 0. The molecule has 0 unspecified atom stereocenters. The third kappa shape index (κ3) is 5.61. The molecule has 1 amide bonds. The van der Waals surface area contributed by atoms with Crippen LogP contribution < -0.4 is 5.32 Å². The maximum Gasteiger partial charge on any atom is 0.416 e. The zero-order valence-electron chi connectivity index (χ0n) is 15.8. The van der Waals surface area contributed by atoms with Crippen molar-refractivity contribution in [1.29, 1.82) is 0 Å². The van der Waals surface area contributed by atoms with Crippen LogP contribution >= 0.6 is 23.1 Å². The van der Waals surface area contributed by atoms with Crippen molar-refractivity contribution in [2.75, 3.05) is 5.32 Å². The molecule has 0 saturated heterocycles. The van der Waals surface area contributed by atoms with E-state index in [0.717, 1.165) is 26.7 Å². The van der Waals surface area contributed by atoms with Crippen LogP contribution in [0.25, 0.3) is 10.2 Å². The van der Waals surface area contributed by atoms with Gasteiger partial charge in [0, 0.05) is 18.5 Å². The molecule has 160 valence electrons. The summed E-state index contributed by atoms with van der Waals surface area (Å²) in [7, 11) is 0. The van der Waals surface area contributed by atoms with Crippen LogP contribution in [-0.2, 0) is 23.1 Å². The average Bonchev–Trinajstić information content (AvgIpc) is 3.37. The number of aryl methyl sites for hydroxylation is 1. The minimum atomic E-state index is -4.41. The average molecular weight is 464 g/mol. The number of amides is 1. The second-order valence-electron chi connectivity index (χ2n) is 6.46. The van der Waals surface area contributed by atoms with Gasteiger partial charge >= 0.3 is 6.18 Å². The van der Waals surface area contributed by atoms with Gasteiger partial charge in [0.05, 0.1) is 21.5 Å². The molecule has 0 aliphatic heterocycles. The van der Waals surface area contributed by atoms with Crippen molar-refractivity contribution in [3.05, 3.63) is 65.8 Å². The number of fused-ring (bicyclic) bond motifs is 1. The fraction of sp³-hybridized carbons (Fsp3) is 0.200. The molecule has 2 aromatic heterocycles. The quantitative estimate of drug-likeness (QED) is 0.361. The van der Waals surface area contributed by atoms with E-state index in [1.165, 1.54) is 23.9 Å². The van der Waals surface area contributed by atoms with Crippen molar-refractivity contribution >= 4 is 44.9 Å². The first-order valence-electron chi connectivity index (χ1n) is 9.14. The van der Waals surface area contributed by atoms with E-state index in [2.05, 4.69) is 20.4 Å². The first-order chi connectivity index (χ1) is 14.9. The molecule has 2 heterocycles. The largest absolute Gasteiger partial charge is 0.416 e. The molecule has 6 nitrogen and oxygen atoms in total. The highest BCUT2D eigenvalue weighted by Crippen LogP contribution is 2.31. The molecule has 1 N–H and O–H groups in total. The Kier molecular flexibility index (Phi) is 6.23. The van der Waals surface area contributed by atoms with E-state index in [4.69, 9.17) is 4.52 Å². The number of hydrogen-bond donors (Lipinski definition) is 1. The Hall–Kier alpha value is -2.92. The van der Waals surface area contributed by atoms with Gasteiger partial charge in [-0.05, 0) is 36.4 Å². The van der Waals surface area contributed by atoms with Gasteiger partial charge in [-0.25, -0.2) is 4.98 Å². The van der Waals surface area contributed by atoms with Crippen molar-refractivity contribution in [3.63, 3.8) is 0 Å². The zero-order valence-corrected chi connectivity index (χ0v) is 17.5. The van der Waals surface area contributed by atoms with Gasteiger partial charge in [-0.2, -0.15) is 18.2 Å². The Balaban J connectivity index is 1.25. The molecule has 0 aliphatic rings. The standard InChI is InChI=1S/C20H15F3N4O2S2/c21-20(22,23)12-5-7-13(8-6-12)24-17(28)9-10-18-26-16(27-29-18)11-30-19-25-14-3-1-2-4-15(14)31-19/h1-8H,9-11H2,(H,24,28). The summed E-state index contributed by atoms with van der Waals surface area (Å²) in [5, 5.41) is 6.46. The van der Waals surface area contributed by atoms with Crippen LogP contribution in [0.15, 0.2) is 57.4 Å². The smallest absolute Gasteiger partial charge is 0.339 e. The summed E-state index contributed by atoms with van der Waals surface area (Å²) < 4.78 is 44.9. The molecule has 4 rings (SSSR count). The number of anilines is 1. The van der Waals surface area contributed by atoms with E-state index >= 15 is 0 Å². The van der Waals surface area contributed by atoms with Crippen LogP contribution in [0.5, 0.6) is 0 Å². The summed E-state index contributed by atoms with van der Waals surface area (Å²) >= 11 is 3.10. The molecule has 11 heteroatoms. The van der Waals surface area contributed by atoms with Gasteiger partial charge in [0.2, 0.25) is 11.8 Å². The highest BCUT2D eigenvalue weighted by molar-refractivity contribution is 8.00. The van der Waals surface area contributed by atoms with E-state index in [1.54, 1.807) is 11.3 Å². The maximum absolute atomic E-state index is 12.6. The van der Waals surface area contributed by atoms with Crippen molar-refractivity contribution in [2.24, 2.45) is 0 Å². The fourth-order valence-electron chi connectivity index (χ4n) is 2.68. The van der Waals surface area contributed by atoms with Crippen molar-refractivity contribution in [3.8, 4) is 0 Å². The molecule has 0 aliphatic carbocycles. The minimum absolute atomic E-state index is 0.0632. The Labute approximate surface area is 182 Å². The molecule has 0 bridgehead atoms. The highest BCUT2D eigenvalue weighted by Gasteiger charge is 2.30. The molecule has 31 heavy (non-hydrogen) atoms. The number of thiazole rings is 1. The lowest BCUT2D eigenvalue weighted by Gasteiger charge is -2.08. The van der Waals surface area contributed by atoms with E-state index in [9.17, 15) is 18.0 Å². The number of carbonyl (C=O) groups is 1. The summed E-state index contributed by atoms with van der Waals surface area (Å²) in [4.78, 5) is 20.8. The normalized spacial score (nSPS) is 11.7. The van der Waals surface area contributed by atoms with Crippen LogP contribution in [0, 0.1) is 0 Å². The third-order valence-corrected chi connectivity index (χ3v) is 6.35. The number of aromatic nitrogens is 3. The van der Waals surface area contributed by atoms with Gasteiger partial charge in [-0.3, -0.25) is 4.79 Å². The second-order valence-corrected chi connectivity index (χ2v) is 8.72. The minimum Gasteiger partial charge on any atom is -0.339 e. The molecule has 0 spiro atoms. The van der Waals surface area contributed by atoms with Gasteiger partial charge in [0.25, 0.3) is 0 Å². The maximum atomic E-state index is 12.6. The lowest BCUT2D eigenvalue weighted by molar-refractivity contribution is -0.137. The van der Waals surface area contributed by atoms with Crippen molar-refractivity contribution < 1.29 is 22.5 Å². The van der Waals surface area contributed by atoms with Gasteiger partial charge < -0.3 is 9.84 Å². The predicted octanol–water partition coefficient (Wildman–Crippen LogP) is 5.56. The number of para-hydroxylation sites is 1. The van der Waals surface area contributed by atoms with Crippen LogP contribution in [0.2, 0.25) is 0 Å². The Bertz CT molecular complexity index is 1160. The Morgan fingerprint density at radius 1 is 1.10 bits per heavy atom. The van der Waals surface area contributed by atoms with E-state index in [0.29, 0.717) is 17.5 Å². The zero-order chi connectivity index (χ0) is 21.8. The van der Waals surface area contributed by atoms with Crippen molar-refractivity contribution in [2.45, 2.75) is 29.1 Å². The number of nitrogens with zero attached hydrogens (tertiary/aromatic N) is 3. The summed E-state index contributed by atoms with van der Waals surface area (Å²) in [5.41, 5.74) is 0.465. The number of rotatable bonds is 7. The molecule has 0 radical (unpaired) electrons. The lowest BCUT2D eigenvalue weighted by atomic mass is 10.2. The number of alkyl halides is 3. The van der Waals surface area contributed by atoms with Crippen LogP contribution in [0.1, 0.15) is 23.7 Å². The topological polar surface area (TPSA) is 80.9 Å². The van der Waals surface area contributed by atoms with Crippen LogP contribution in [-0.4, -0.2) is 21.0 Å². The Morgan fingerprint density at radius 3 is 2.61 bits per heavy atom. The SMILES string of the molecule is O=C(CCc1nc(CSc2nc3ccccc3s2)no1)Nc1ccc(C(F)(F)F)cc1. The molecule has 0 atom stereocenters. The van der Waals surface area contributed by atoms with E-state index < -0.39 is 11.7 Å². The fourth-order valence-corrected chi connectivity index (χ4v) is 4.59. The first kappa shape index (κ1) is 21.3. The van der Waals surface area contributed by atoms with Gasteiger partial charge in [-0.1, -0.05) is 29.1 Å². The molecular weight excluding hydrogens is 449 g/mol. The predicted molar refractivity (Wildman–Crippen MR) is 112 cm³/mol. The summed E-state index contributed by atoms with van der Waals surface area (Å²) in [6.07, 6.45) is -4.12. The van der Waals surface area contributed by atoms with Crippen LogP contribution in [0.4, 0.5) is 18.9 Å². The van der Waals surface area contributed by atoms with Gasteiger partial charge in [0.1, 0.15) is 0 Å². The number of hydrogen-bond acceptors (Lipinski definition) is 7. The second kappa shape index (κ2) is 9.06. The number of carbonyl (C=O) groups excluding carboxylic acids is 1. The lowest BCUT2D eigenvalue weighted by Crippen LogP contribution is -2.13. The van der Waals surface area contributed by atoms with Crippen molar-refractivity contribution in [1.82, 2.24) is 15.1 Å². The molecule has 0 fully saturated rings.